The molecule has 0 aliphatic heterocycles. The van der Waals surface area contributed by atoms with Gasteiger partial charge in [-0.3, -0.25) is 0 Å². The van der Waals surface area contributed by atoms with E-state index in [0.29, 0.717) is 11.8 Å². The highest BCUT2D eigenvalue weighted by molar-refractivity contribution is 5.57. The molecule has 1 fully saturated rings. The first-order valence-electron chi connectivity index (χ1n) is 4.76. The molecule has 0 amide bonds. The van der Waals surface area contributed by atoms with Gasteiger partial charge in [-0.1, -0.05) is 0 Å². The molecule has 1 aromatic heterocycles. The Hall–Kier alpha value is -1.45. The lowest BCUT2D eigenvalue weighted by atomic mass is 10.3. The molecule has 0 bridgehead atoms. The molecular weight excluding hydrogens is 178 g/mol. The van der Waals surface area contributed by atoms with Gasteiger partial charge in [0.2, 0.25) is 0 Å². The average Bonchev–Trinajstić information content (AvgIpc) is 2.92. The number of hydrogen-bond acceptors (Lipinski definition) is 4. The van der Waals surface area contributed by atoms with Crippen LogP contribution in [0.2, 0.25) is 0 Å². The van der Waals surface area contributed by atoms with Crippen molar-refractivity contribution in [3.63, 3.8) is 0 Å². The van der Waals surface area contributed by atoms with Crippen LogP contribution in [0.4, 0.5) is 11.5 Å². The molecule has 0 radical (unpaired) electrons. The van der Waals surface area contributed by atoms with Gasteiger partial charge in [0.15, 0.2) is 0 Å². The predicted molar refractivity (Wildman–Crippen MR) is 56.6 cm³/mol. The van der Waals surface area contributed by atoms with Crippen molar-refractivity contribution in [2.75, 3.05) is 24.7 Å². The summed E-state index contributed by atoms with van der Waals surface area (Å²) in [6.45, 7) is 0. The summed E-state index contributed by atoms with van der Waals surface area (Å²) in [6.07, 6.45) is 4.29. The third kappa shape index (κ3) is 1.89. The Morgan fingerprint density at radius 3 is 2.79 bits per heavy atom. The number of nitrogen functional groups attached to an aromatic ring is 1. The number of nitrogens with two attached hydrogens (primary N) is 1. The van der Waals surface area contributed by atoms with E-state index in [1.165, 1.54) is 0 Å². The highest BCUT2D eigenvalue weighted by Crippen LogP contribution is 2.31. The van der Waals surface area contributed by atoms with Crippen molar-refractivity contribution in [1.82, 2.24) is 4.98 Å². The first-order chi connectivity index (χ1) is 6.66. The Kier molecular flexibility index (Phi) is 2.19. The highest BCUT2D eigenvalue weighted by Gasteiger charge is 2.24. The van der Waals surface area contributed by atoms with Crippen LogP contribution < -0.4 is 15.4 Å². The van der Waals surface area contributed by atoms with Crippen LogP contribution in [0, 0.1) is 0 Å². The van der Waals surface area contributed by atoms with E-state index in [1.807, 2.05) is 25.1 Å². The van der Waals surface area contributed by atoms with Crippen LogP contribution in [0.5, 0.6) is 5.75 Å². The molecule has 2 N–H and O–H groups in total. The fourth-order valence-electron chi connectivity index (χ4n) is 1.15. The van der Waals surface area contributed by atoms with Gasteiger partial charge >= 0.3 is 0 Å². The second-order valence-electron chi connectivity index (χ2n) is 3.79. The number of rotatable bonds is 3. The molecule has 1 heterocycles. The molecule has 0 saturated heterocycles. The van der Waals surface area contributed by atoms with E-state index in [0.717, 1.165) is 24.4 Å². The Morgan fingerprint density at radius 1 is 1.50 bits per heavy atom. The second kappa shape index (κ2) is 3.36. The number of anilines is 2. The molecular formula is C10H15N3O. The van der Waals surface area contributed by atoms with E-state index in [1.54, 1.807) is 6.20 Å². The lowest BCUT2D eigenvalue weighted by Crippen LogP contribution is -2.11. The molecule has 0 unspecified atom stereocenters. The molecule has 14 heavy (non-hydrogen) atoms. The minimum atomic E-state index is 0.370. The van der Waals surface area contributed by atoms with Crippen molar-refractivity contribution in [2.24, 2.45) is 0 Å². The summed E-state index contributed by atoms with van der Waals surface area (Å²) < 4.78 is 5.66. The molecule has 1 aromatic rings. The molecule has 0 spiro atoms. The third-order valence-electron chi connectivity index (χ3n) is 2.16. The van der Waals surface area contributed by atoms with E-state index < -0.39 is 0 Å². The number of aromatic nitrogens is 1. The normalized spacial score (nSPS) is 15.3. The van der Waals surface area contributed by atoms with Crippen LogP contribution in [0.3, 0.4) is 0 Å². The lowest BCUT2D eigenvalue weighted by Gasteiger charge is -2.14. The van der Waals surface area contributed by atoms with E-state index in [4.69, 9.17) is 10.5 Å². The maximum atomic E-state index is 5.76. The molecule has 1 saturated carbocycles. The summed E-state index contributed by atoms with van der Waals surface area (Å²) in [5.74, 6) is 1.63. The Balaban J connectivity index is 2.21. The zero-order chi connectivity index (χ0) is 10.1. The van der Waals surface area contributed by atoms with Crippen LogP contribution in [-0.4, -0.2) is 25.2 Å². The minimum Gasteiger partial charge on any atom is -0.488 e. The standard InChI is InChI=1S/C10H15N3O/c1-13(2)10-5-9(8(11)6-12-10)14-7-3-4-7/h5-7H,3-4,11H2,1-2H3. The first-order valence-corrected chi connectivity index (χ1v) is 4.76. The van der Waals surface area contributed by atoms with E-state index in [9.17, 15) is 0 Å². The maximum absolute atomic E-state index is 5.76. The van der Waals surface area contributed by atoms with Crippen molar-refractivity contribution >= 4 is 11.5 Å². The molecule has 1 aliphatic rings. The molecule has 4 heteroatoms. The minimum absolute atomic E-state index is 0.370. The van der Waals surface area contributed by atoms with Crippen LogP contribution in [0.15, 0.2) is 12.3 Å². The highest BCUT2D eigenvalue weighted by atomic mass is 16.5. The smallest absolute Gasteiger partial charge is 0.147 e. The quantitative estimate of drug-likeness (QED) is 0.785. The van der Waals surface area contributed by atoms with E-state index in [-0.39, 0.29) is 0 Å². The van der Waals surface area contributed by atoms with Gasteiger partial charge in [-0.2, -0.15) is 0 Å². The van der Waals surface area contributed by atoms with Gasteiger partial charge in [0.1, 0.15) is 11.6 Å². The van der Waals surface area contributed by atoms with Gasteiger partial charge in [-0.05, 0) is 12.8 Å². The summed E-state index contributed by atoms with van der Waals surface area (Å²) in [5.41, 5.74) is 6.37. The molecule has 76 valence electrons. The number of pyridine rings is 1. The van der Waals surface area contributed by atoms with Crippen LogP contribution in [-0.2, 0) is 0 Å². The fourth-order valence-corrected chi connectivity index (χ4v) is 1.15. The van der Waals surface area contributed by atoms with Crippen molar-refractivity contribution < 1.29 is 4.74 Å². The van der Waals surface area contributed by atoms with Gasteiger partial charge < -0.3 is 15.4 Å². The van der Waals surface area contributed by atoms with Gasteiger partial charge in [0.25, 0.3) is 0 Å². The summed E-state index contributed by atoms with van der Waals surface area (Å²) in [7, 11) is 3.89. The largest absolute Gasteiger partial charge is 0.488 e. The summed E-state index contributed by atoms with van der Waals surface area (Å²) in [6, 6.07) is 1.88. The number of hydrogen-bond donors (Lipinski definition) is 1. The van der Waals surface area contributed by atoms with Gasteiger partial charge in [0, 0.05) is 20.2 Å². The van der Waals surface area contributed by atoms with Crippen LogP contribution in [0.1, 0.15) is 12.8 Å². The molecule has 2 rings (SSSR count). The Bertz CT molecular complexity index is 334. The molecule has 0 atom stereocenters. The zero-order valence-corrected chi connectivity index (χ0v) is 8.53. The number of nitrogens with zero attached hydrogens (tertiary/aromatic N) is 2. The fraction of sp³-hybridized carbons (Fsp3) is 0.500. The Labute approximate surface area is 83.7 Å². The number of ether oxygens (including phenoxy) is 1. The van der Waals surface area contributed by atoms with Gasteiger partial charge in [-0.25, -0.2) is 4.98 Å². The molecule has 0 aromatic carbocycles. The van der Waals surface area contributed by atoms with Crippen molar-refractivity contribution in [3.8, 4) is 5.75 Å². The van der Waals surface area contributed by atoms with Crippen molar-refractivity contribution in [3.05, 3.63) is 12.3 Å². The topological polar surface area (TPSA) is 51.4 Å². The predicted octanol–water partition coefficient (Wildman–Crippen LogP) is 1.27. The van der Waals surface area contributed by atoms with Crippen LogP contribution in [0.25, 0.3) is 0 Å². The van der Waals surface area contributed by atoms with Crippen molar-refractivity contribution in [2.45, 2.75) is 18.9 Å². The summed E-state index contributed by atoms with van der Waals surface area (Å²) in [5, 5.41) is 0. The second-order valence-corrected chi connectivity index (χ2v) is 3.79. The molecule has 4 nitrogen and oxygen atoms in total. The van der Waals surface area contributed by atoms with Crippen molar-refractivity contribution in [1.29, 1.82) is 0 Å². The maximum Gasteiger partial charge on any atom is 0.147 e. The van der Waals surface area contributed by atoms with Gasteiger partial charge in [-0.15, -0.1) is 0 Å². The van der Waals surface area contributed by atoms with Crippen LogP contribution >= 0.6 is 0 Å². The monoisotopic (exact) mass is 193 g/mol. The lowest BCUT2D eigenvalue weighted by molar-refractivity contribution is 0.304. The summed E-state index contributed by atoms with van der Waals surface area (Å²) in [4.78, 5) is 6.12. The summed E-state index contributed by atoms with van der Waals surface area (Å²) >= 11 is 0. The SMILES string of the molecule is CN(C)c1cc(OC2CC2)c(N)cn1. The average molecular weight is 193 g/mol. The first kappa shape index (κ1) is 9.12. The van der Waals surface area contributed by atoms with E-state index in [2.05, 4.69) is 4.98 Å². The van der Waals surface area contributed by atoms with Gasteiger partial charge in [0.05, 0.1) is 18.0 Å². The third-order valence-corrected chi connectivity index (χ3v) is 2.16. The Morgan fingerprint density at radius 2 is 2.21 bits per heavy atom. The van der Waals surface area contributed by atoms with E-state index >= 15 is 0 Å². The zero-order valence-electron chi connectivity index (χ0n) is 8.53. The molecule has 1 aliphatic carbocycles.